The fourth-order valence-electron chi connectivity index (χ4n) is 1.46. The Bertz CT molecular complexity index is 432. The van der Waals surface area contributed by atoms with Crippen LogP contribution in [0.2, 0.25) is 0 Å². The maximum absolute atomic E-state index is 5.67. The number of aromatic nitrogens is 4. The van der Waals surface area contributed by atoms with Crippen molar-refractivity contribution in [3.63, 3.8) is 0 Å². The van der Waals surface area contributed by atoms with Gasteiger partial charge in [-0.25, -0.2) is 4.98 Å². The molecule has 0 spiro atoms. The van der Waals surface area contributed by atoms with E-state index in [1.54, 1.807) is 0 Å². The molecule has 0 fully saturated rings. The highest BCUT2D eigenvalue weighted by atomic mass is 35.5. The Labute approximate surface area is 93.5 Å². The average molecular weight is 225 g/mol. The summed E-state index contributed by atoms with van der Waals surface area (Å²) in [4.78, 5) is 4.16. The van der Waals surface area contributed by atoms with Crippen LogP contribution in [0.5, 0.6) is 0 Å². The summed E-state index contributed by atoms with van der Waals surface area (Å²) < 4.78 is 3.86. The lowest BCUT2D eigenvalue weighted by atomic mass is 10.2. The summed E-state index contributed by atoms with van der Waals surface area (Å²) in [5.41, 5.74) is 2.15. The minimum absolute atomic E-state index is 0.472. The molecule has 0 bridgehead atoms. The summed E-state index contributed by atoms with van der Waals surface area (Å²) in [6.07, 6.45) is 8.67. The van der Waals surface area contributed by atoms with E-state index in [-0.39, 0.29) is 0 Å². The molecule has 0 aliphatic rings. The van der Waals surface area contributed by atoms with Gasteiger partial charge in [-0.1, -0.05) is 0 Å². The first kappa shape index (κ1) is 10.2. The standard InChI is InChI=1S/C10H13ClN4/c1-14-6-9(5-13-14)2-3-15-7-10(4-11)12-8-15/h5-8H,2-4H2,1H3. The zero-order chi connectivity index (χ0) is 10.7. The van der Waals surface area contributed by atoms with Crippen LogP contribution in [0, 0.1) is 0 Å². The highest BCUT2D eigenvalue weighted by molar-refractivity contribution is 6.16. The Morgan fingerprint density at radius 3 is 2.87 bits per heavy atom. The van der Waals surface area contributed by atoms with E-state index in [0.29, 0.717) is 5.88 Å². The van der Waals surface area contributed by atoms with Gasteiger partial charge >= 0.3 is 0 Å². The first-order chi connectivity index (χ1) is 7.28. The van der Waals surface area contributed by atoms with E-state index in [1.165, 1.54) is 5.56 Å². The van der Waals surface area contributed by atoms with Crippen molar-refractivity contribution < 1.29 is 0 Å². The molecule has 4 nitrogen and oxygen atoms in total. The van der Waals surface area contributed by atoms with Gasteiger partial charge in [-0.3, -0.25) is 4.68 Å². The third kappa shape index (κ3) is 2.59. The van der Waals surface area contributed by atoms with Gasteiger partial charge in [-0.2, -0.15) is 5.10 Å². The van der Waals surface area contributed by atoms with E-state index < -0.39 is 0 Å². The van der Waals surface area contributed by atoms with Crippen LogP contribution in [0.1, 0.15) is 11.3 Å². The summed E-state index contributed by atoms with van der Waals surface area (Å²) >= 11 is 5.67. The zero-order valence-corrected chi connectivity index (χ0v) is 9.35. The van der Waals surface area contributed by atoms with Crippen LogP contribution in [0.15, 0.2) is 24.9 Å². The SMILES string of the molecule is Cn1cc(CCn2cnc(CCl)c2)cn1. The molecular weight excluding hydrogens is 212 g/mol. The molecule has 0 atom stereocenters. The van der Waals surface area contributed by atoms with Crippen LogP contribution >= 0.6 is 11.6 Å². The Kier molecular flexibility index (Phi) is 3.06. The van der Waals surface area contributed by atoms with Crippen LogP contribution in [0.25, 0.3) is 0 Å². The number of nitrogens with zero attached hydrogens (tertiary/aromatic N) is 4. The van der Waals surface area contributed by atoms with Crippen LogP contribution in [0.3, 0.4) is 0 Å². The highest BCUT2D eigenvalue weighted by Gasteiger charge is 1.99. The number of hydrogen-bond acceptors (Lipinski definition) is 2. The number of hydrogen-bond donors (Lipinski definition) is 0. The lowest BCUT2D eigenvalue weighted by molar-refractivity contribution is 0.694. The van der Waals surface area contributed by atoms with Crippen LogP contribution in [0.4, 0.5) is 0 Å². The van der Waals surface area contributed by atoms with Crippen molar-refractivity contribution in [2.45, 2.75) is 18.8 Å². The molecule has 0 aromatic carbocycles. The summed E-state index contributed by atoms with van der Waals surface area (Å²) in [7, 11) is 1.92. The molecule has 5 heteroatoms. The molecular formula is C10H13ClN4. The third-order valence-electron chi connectivity index (χ3n) is 2.24. The fraction of sp³-hybridized carbons (Fsp3) is 0.400. The normalized spacial score (nSPS) is 10.8. The maximum Gasteiger partial charge on any atom is 0.0950 e. The van der Waals surface area contributed by atoms with Crippen LogP contribution < -0.4 is 0 Å². The van der Waals surface area contributed by atoms with E-state index in [2.05, 4.69) is 10.1 Å². The Hall–Kier alpha value is -1.29. The smallest absolute Gasteiger partial charge is 0.0950 e. The topological polar surface area (TPSA) is 35.6 Å². The Morgan fingerprint density at radius 1 is 1.40 bits per heavy atom. The van der Waals surface area contributed by atoms with Gasteiger partial charge < -0.3 is 4.57 Å². The van der Waals surface area contributed by atoms with E-state index in [0.717, 1.165) is 18.7 Å². The lowest BCUT2D eigenvalue weighted by Crippen LogP contribution is -1.97. The second-order valence-electron chi connectivity index (χ2n) is 3.51. The Morgan fingerprint density at radius 2 is 2.27 bits per heavy atom. The minimum atomic E-state index is 0.472. The van der Waals surface area contributed by atoms with Gasteiger partial charge in [-0.15, -0.1) is 11.6 Å². The molecule has 2 rings (SSSR count). The van der Waals surface area contributed by atoms with Crippen molar-refractivity contribution in [1.29, 1.82) is 0 Å². The Balaban J connectivity index is 1.93. The highest BCUT2D eigenvalue weighted by Crippen LogP contribution is 2.03. The molecule has 0 saturated carbocycles. The fourth-order valence-corrected chi connectivity index (χ4v) is 1.59. The molecule has 2 aromatic rings. The van der Waals surface area contributed by atoms with Gasteiger partial charge in [0.15, 0.2) is 0 Å². The number of aryl methyl sites for hydroxylation is 3. The van der Waals surface area contributed by atoms with Gasteiger partial charge in [-0.05, 0) is 12.0 Å². The van der Waals surface area contributed by atoms with E-state index in [4.69, 9.17) is 11.6 Å². The first-order valence-corrected chi connectivity index (χ1v) is 5.35. The minimum Gasteiger partial charge on any atom is -0.337 e. The van der Waals surface area contributed by atoms with Crippen molar-refractivity contribution in [3.8, 4) is 0 Å². The number of rotatable bonds is 4. The van der Waals surface area contributed by atoms with Crippen LogP contribution in [-0.2, 0) is 25.9 Å². The molecule has 0 aliphatic heterocycles. The van der Waals surface area contributed by atoms with Crippen LogP contribution in [-0.4, -0.2) is 19.3 Å². The van der Waals surface area contributed by atoms with Gasteiger partial charge in [0.05, 0.1) is 24.1 Å². The molecule has 2 aromatic heterocycles. The molecule has 0 saturated heterocycles. The second-order valence-corrected chi connectivity index (χ2v) is 3.78. The molecule has 0 unspecified atom stereocenters. The molecule has 0 N–H and O–H groups in total. The summed E-state index contributed by atoms with van der Waals surface area (Å²) in [6.45, 7) is 0.912. The largest absolute Gasteiger partial charge is 0.337 e. The number of alkyl halides is 1. The van der Waals surface area contributed by atoms with Crippen molar-refractivity contribution in [2.24, 2.45) is 7.05 Å². The van der Waals surface area contributed by atoms with Crippen molar-refractivity contribution in [3.05, 3.63) is 36.2 Å². The molecule has 0 aliphatic carbocycles. The molecule has 0 amide bonds. The predicted molar refractivity (Wildman–Crippen MR) is 58.7 cm³/mol. The van der Waals surface area contributed by atoms with Gasteiger partial charge in [0, 0.05) is 26.0 Å². The quantitative estimate of drug-likeness (QED) is 0.740. The summed E-state index contributed by atoms with van der Waals surface area (Å²) in [5, 5.41) is 4.12. The van der Waals surface area contributed by atoms with Crippen molar-refractivity contribution >= 4 is 11.6 Å². The summed E-state index contributed by atoms with van der Waals surface area (Å²) in [5.74, 6) is 0.472. The average Bonchev–Trinajstić information content (AvgIpc) is 2.83. The van der Waals surface area contributed by atoms with E-state index in [1.807, 2.05) is 41.2 Å². The number of imidazole rings is 1. The summed E-state index contributed by atoms with van der Waals surface area (Å²) in [6, 6.07) is 0. The zero-order valence-electron chi connectivity index (χ0n) is 8.60. The first-order valence-electron chi connectivity index (χ1n) is 4.82. The van der Waals surface area contributed by atoms with E-state index >= 15 is 0 Å². The van der Waals surface area contributed by atoms with Gasteiger partial charge in [0.1, 0.15) is 0 Å². The number of halogens is 1. The second kappa shape index (κ2) is 4.49. The van der Waals surface area contributed by atoms with Crippen molar-refractivity contribution in [2.75, 3.05) is 0 Å². The van der Waals surface area contributed by atoms with Gasteiger partial charge in [0.2, 0.25) is 0 Å². The molecule has 0 radical (unpaired) electrons. The third-order valence-corrected chi connectivity index (χ3v) is 2.51. The van der Waals surface area contributed by atoms with E-state index in [9.17, 15) is 0 Å². The molecule has 15 heavy (non-hydrogen) atoms. The molecule has 2 heterocycles. The monoisotopic (exact) mass is 224 g/mol. The van der Waals surface area contributed by atoms with Crippen molar-refractivity contribution in [1.82, 2.24) is 19.3 Å². The van der Waals surface area contributed by atoms with Gasteiger partial charge in [0.25, 0.3) is 0 Å². The predicted octanol–water partition coefficient (Wildman–Crippen LogP) is 1.60. The lowest BCUT2D eigenvalue weighted by Gasteiger charge is -1.98. The maximum atomic E-state index is 5.67. The molecule has 80 valence electrons.